The average Bonchev–Trinajstić information content (AvgIpc) is 3.28. The molecule has 0 aliphatic carbocycles. The lowest BCUT2D eigenvalue weighted by Gasteiger charge is -2.29. The normalized spacial score (nSPS) is 15.5. The molecular formula is C43H62N8O14S2. The summed E-state index contributed by atoms with van der Waals surface area (Å²) in [5, 5.41) is 65.8. The van der Waals surface area contributed by atoms with Crippen LogP contribution in [0.1, 0.15) is 51.2 Å². The molecule has 0 radical (unpaired) electrons. The molecule has 0 aliphatic rings. The van der Waals surface area contributed by atoms with Crippen LogP contribution in [-0.2, 0) is 56.0 Å². The van der Waals surface area contributed by atoms with Gasteiger partial charge in [-0.2, -0.15) is 24.4 Å². The van der Waals surface area contributed by atoms with E-state index in [-0.39, 0.29) is 25.0 Å². The molecule has 0 bridgehead atoms. The van der Waals surface area contributed by atoms with Crippen LogP contribution < -0.4 is 43.0 Å². The Labute approximate surface area is 397 Å². The van der Waals surface area contributed by atoms with Crippen LogP contribution >= 0.6 is 24.4 Å². The monoisotopic (exact) mass is 978 g/mol. The van der Waals surface area contributed by atoms with E-state index in [9.17, 15) is 68.7 Å². The maximum absolute atomic E-state index is 14.0. The number of aliphatic hydroxyl groups excluding tert-OH is 2. The van der Waals surface area contributed by atoms with Gasteiger partial charge in [0.1, 0.15) is 48.0 Å². The van der Waals surface area contributed by atoms with Crippen molar-refractivity contribution in [2.75, 3.05) is 24.4 Å². The van der Waals surface area contributed by atoms with E-state index >= 15 is 0 Å². The van der Waals surface area contributed by atoms with E-state index in [4.69, 9.17) is 5.73 Å². The minimum Gasteiger partial charge on any atom is -0.508 e. The minimum atomic E-state index is -1.88. The number of nitrogens with two attached hydrogens (primary N) is 1. The molecule has 10 atom stereocenters. The van der Waals surface area contributed by atoms with Crippen LogP contribution in [0, 0.1) is 5.92 Å². The molecule has 0 heterocycles. The summed E-state index contributed by atoms with van der Waals surface area (Å²) in [6.07, 6.45) is -0.592. The number of benzene rings is 2. The van der Waals surface area contributed by atoms with E-state index in [2.05, 4.69) is 49.8 Å². The number of carboxylic acid groups (broad SMARTS) is 2. The Morgan fingerprint density at radius 3 is 1.67 bits per heavy atom. The van der Waals surface area contributed by atoms with Crippen molar-refractivity contribution in [1.82, 2.24) is 37.2 Å². The van der Waals surface area contributed by atoms with Gasteiger partial charge in [0.05, 0.1) is 25.2 Å². The molecule has 2 rings (SSSR count). The van der Waals surface area contributed by atoms with Crippen molar-refractivity contribution in [2.24, 2.45) is 11.7 Å². The van der Waals surface area contributed by atoms with Crippen LogP contribution in [0.5, 0.6) is 5.75 Å². The number of aliphatic hydroxyl groups is 2. The smallest absolute Gasteiger partial charge is 0.326 e. The fraction of sp³-hybridized carbons (Fsp3) is 0.512. The number of aliphatic carboxylic acids is 2. The SMILES string of the molecule is CC[C@H](C)[C@H](NC(=O)[C@H](Cc1ccccc1)NC(=O)[C@H](CC(=O)O)NC(=O)[C@H](CS)NC(=O)[C@@H](NC(=O)[C@H](CO)NC(=O)[C@@H](N)Cc1ccc(O)cc1)[C@@H](C)O)C(=O)N[C@@H](CCSC)C(=O)O. The molecule has 0 saturated carbocycles. The summed E-state index contributed by atoms with van der Waals surface area (Å²) in [6, 6.07) is 1.98. The largest absolute Gasteiger partial charge is 0.508 e. The van der Waals surface area contributed by atoms with Crippen molar-refractivity contribution >= 4 is 77.7 Å². The van der Waals surface area contributed by atoms with Crippen molar-refractivity contribution in [1.29, 1.82) is 0 Å². The summed E-state index contributed by atoms with van der Waals surface area (Å²) in [6.45, 7) is 3.57. The van der Waals surface area contributed by atoms with Gasteiger partial charge in [0, 0.05) is 12.2 Å². The highest BCUT2D eigenvalue weighted by Gasteiger charge is 2.36. The second kappa shape index (κ2) is 28.9. The highest BCUT2D eigenvalue weighted by molar-refractivity contribution is 7.98. The van der Waals surface area contributed by atoms with Gasteiger partial charge in [-0.05, 0) is 61.0 Å². The maximum Gasteiger partial charge on any atom is 0.326 e. The first kappa shape index (κ1) is 57.2. The fourth-order valence-electron chi connectivity index (χ4n) is 6.26. The summed E-state index contributed by atoms with van der Waals surface area (Å²) >= 11 is 5.48. The molecule has 22 nitrogen and oxygen atoms in total. The minimum absolute atomic E-state index is 0.00799. The molecule has 14 N–H and O–H groups in total. The molecule has 0 aromatic heterocycles. The Bertz CT molecular complexity index is 2000. The molecular weight excluding hydrogens is 917 g/mol. The van der Waals surface area contributed by atoms with Crippen LogP contribution in [0.3, 0.4) is 0 Å². The van der Waals surface area contributed by atoms with Gasteiger partial charge in [0.2, 0.25) is 41.4 Å². The summed E-state index contributed by atoms with van der Waals surface area (Å²) < 4.78 is 0. The quantitative estimate of drug-likeness (QED) is 0.0377. The van der Waals surface area contributed by atoms with Crippen LogP contribution in [0.4, 0.5) is 0 Å². The second-order valence-corrected chi connectivity index (χ2v) is 17.0. The molecule has 0 fully saturated rings. The number of rotatable bonds is 29. The molecule has 0 saturated heterocycles. The number of phenols is 1. The highest BCUT2D eigenvalue weighted by atomic mass is 32.2. The topological polar surface area (TPSA) is 365 Å². The van der Waals surface area contributed by atoms with Gasteiger partial charge >= 0.3 is 11.9 Å². The highest BCUT2D eigenvalue weighted by Crippen LogP contribution is 2.13. The third kappa shape index (κ3) is 19.4. The predicted octanol–water partition coefficient (Wildman–Crippen LogP) is -2.44. The number of hydrogen-bond acceptors (Lipinski definition) is 15. The fourth-order valence-corrected chi connectivity index (χ4v) is 6.99. The van der Waals surface area contributed by atoms with Crippen LogP contribution in [0.15, 0.2) is 54.6 Å². The van der Waals surface area contributed by atoms with E-state index in [1.165, 1.54) is 36.0 Å². The molecule has 67 heavy (non-hydrogen) atoms. The summed E-state index contributed by atoms with van der Waals surface area (Å²) in [7, 11) is 0. The Morgan fingerprint density at radius 2 is 1.13 bits per heavy atom. The number of hydrogen-bond donors (Lipinski definition) is 14. The Morgan fingerprint density at radius 1 is 0.642 bits per heavy atom. The number of carboxylic acids is 2. The Kier molecular flexibility index (Phi) is 24.7. The number of amides is 7. The Balaban J connectivity index is 2.27. The van der Waals surface area contributed by atoms with Crippen molar-refractivity contribution < 1.29 is 68.7 Å². The lowest BCUT2D eigenvalue weighted by Crippen LogP contribution is -2.62. The number of thioether (sulfide) groups is 1. The molecule has 24 heteroatoms. The van der Waals surface area contributed by atoms with Gasteiger partial charge in [-0.25, -0.2) is 4.79 Å². The molecule has 7 amide bonds. The van der Waals surface area contributed by atoms with Crippen LogP contribution in [0.25, 0.3) is 0 Å². The van der Waals surface area contributed by atoms with E-state index in [1.807, 2.05) is 0 Å². The van der Waals surface area contributed by atoms with Gasteiger partial charge in [0.15, 0.2) is 0 Å². The molecule has 0 unspecified atom stereocenters. The van der Waals surface area contributed by atoms with E-state index in [0.717, 1.165) is 6.92 Å². The zero-order chi connectivity index (χ0) is 50.4. The summed E-state index contributed by atoms with van der Waals surface area (Å²) in [4.78, 5) is 118. The molecule has 2 aromatic carbocycles. The first-order chi connectivity index (χ1) is 31.6. The lowest BCUT2D eigenvalue weighted by molar-refractivity contribution is -0.142. The van der Waals surface area contributed by atoms with E-state index in [0.29, 0.717) is 23.3 Å². The Hall–Kier alpha value is -5.95. The molecule has 2 aromatic rings. The zero-order valence-electron chi connectivity index (χ0n) is 37.5. The third-order valence-electron chi connectivity index (χ3n) is 10.4. The number of nitrogens with one attached hydrogen (secondary N) is 7. The molecule has 370 valence electrons. The standard InChI is InChI=1S/C43H62N8O14S2/c1-5-22(2)34(41(62)45-28(43(64)65)15-16-67-4)50-38(59)29(18-24-9-7-6-8-10-24)46-37(58)30(19-33(55)56)47-40(61)32(21-66)49-42(63)35(23(3)53)51-39(60)31(20-52)48-36(57)27(44)17-25-11-13-26(54)14-12-25/h6-14,22-23,27-32,34-35,52-54,66H,5,15-21,44H2,1-4H3,(H,45,62)(H,46,58)(H,47,61)(H,48,57)(H,49,63)(H,50,59)(H,51,60)(H,55,56)(H,64,65)/t22-,23+,27-,28-,29-,30-,31-,32-,34-,35-/m0/s1. The van der Waals surface area contributed by atoms with E-state index < -0.39 is 132 Å². The van der Waals surface area contributed by atoms with Crippen molar-refractivity contribution in [3.05, 3.63) is 65.7 Å². The third-order valence-corrected chi connectivity index (χ3v) is 11.4. The van der Waals surface area contributed by atoms with Crippen LogP contribution in [-0.4, -0.2) is 158 Å². The molecule has 0 spiro atoms. The summed E-state index contributed by atoms with van der Waals surface area (Å²) in [5.41, 5.74) is 7.08. The first-order valence-corrected chi connectivity index (χ1v) is 23.2. The second-order valence-electron chi connectivity index (χ2n) is 15.7. The number of aromatic hydroxyl groups is 1. The number of carbonyl (C=O) groups is 9. The predicted molar refractivity (Wildman–Crippen MR) is 248 cm³/mol. The van der Waals surface area contributed by atoms with Gasteiger partial charge in [-0.3, -0.25) is 38.4 Å². The lowest BCUT2D eigenvalue weighted by atomic mass is 9.96. The zero-order valence-corrected chi connectivity index (χ0v) is 39.2. The van der Waals surface area contributed by atoms with Gasteiger partial charge in [-0.1, -0.05) is 62.7 Å². The van der Waals surface area contributed by atoms with Crippen molar-refractivity contribution in [3.8, 4) is 5.75 Å². The van der Waals surface area contributed by atoms with Gasteiger partial charge < -0.3 is 68.5 Å². The number of carbonyl (C=O) groups excluding carboxylic acids is 7. The average molecular weight is 979 g/mol. The maximum atomic E-state index is 14.0. The van der Waals surface area contributed by atoms with Crippen molar-refractivity contribution in [2.45, 2.75) is 107 Å². The van der Waals surface area contributed by atoms with Crippen molar-refractivity contribution in [3.63, 3.8) is 0 Å². The first-order valence-electron chi connectivity index (χ1n) is 21.2. The summed E-state index contributed by atoms with van der Waals surface area (Å²) in [5.74, 6) is -10.5. The van der Waals surface area contributed by atoms with E-state index in [1.54, 1.807) is 50.4 Å². The van der Waals surface area contributed by atoms with Gasteiger partial charge in [-0.15, -0.1) is 0 Å². The van der Waals surface area contributed by atoms with Gasteiger partial charge in [0.25, 0.3) is 0 Å². The molecule has 0 aliphatic heterocycles. The number of thiol groups is 1. The van der Waals surface area contributed by atoms with Crippen LogP contribution in [0.2, 0.25) is 0 Å². The number of phenolic OH excluding ortho intramolecular Hbond substituents is 1.